The van der Waals surface area contributed by atoms with Gasteiger partial charge in [-0.05, 0) is 67.6 Å². The van der Waals surface area contributed by atoms with Crippen LogP contribution < -0.4 is 0 Å². The lowest BCUT2D eigenvalue weighted by Crippen LogP contribution is -2.38. The highest BCUT2D eigenvalue weighted by Gasteiger charge is 2.40. The smallest absolute Gasteiger partial charge is 0.103 e. The van der Waals surface area contributed by atoms with Crippen LogP contribution in [0.1, 0.15) is 92.9 Å². The Labute approximate surface area is 150 Å². The van der Waals surface area contributed by atoms with Crippen molar-refractivity contribution in [2.45, 2.75) is 105 Å². The molecule has 2 heteroatoms. The summed E-state index contributed by atoms with van der Waals surface area (Å²) in [6.07, 6.45) is 6.41. The van der Waals surface area contributed by atoms with Crippen molar-refractivity contribution in [3.8, 4) is 0 Å². The molecule has 0 heterocycles. The Bertz CT molecular complexity index is 328. The summed E-state index contributed by atoms with van der Waals surface area (Å²) in [6, 6.07) is 0. The van der Waals surface area contributed by atoms with Crippen LogP contribution in [0.25, 0.3) is 0 Å². The van der Waals surface area contributed by atoms with E-state index in [4.69, 9.17) is 0 Å². The fraction of sp³-hybridized carbons (Fsp3) is 1.00. The fourth-order valence-electron chi connectivity index (χ4n) is 4.88. The summed E-state index contributed by atoms with van der Waals surface area (Å²) in [5, 5.41) is 0. The monoisotopic (exact) mass is 344 g/mol. The van der Waals surface area contributed by atoms with Gasteiger partial charge in [0.1, 0.15) is 12.3 Å². The quantitative estimate of drug-likeness (QED) is 0.481. The second kappa shape index (κ2) is 10.8. The van der Waals surface area contributed by atoms with Crippen molar-refractivity contribution in [2.75, 3.05) is 0 Å². The summed E-state index contributed by atoms with van der Waals surface area (Å²) in [5.74, 6) is 2.35. The Balaban J connectivity index is 0.00000139. The van der Waals surface area contributed by atoms with Crippen molar-refractivity contribution in [2.24, 2.45) is 35.5 Å². The molecule has 7 atom stereocenters. The third-order valence-corrected chi connectivity index (χ3v) is 6.48. The molecule has 2 rings (SSSR count). The van der Waals surface area contributed by atoms with Crippen LogP contribution in [0.3, 0.4) is 0 Å². The fourth-order valence-corrected chi connectivity index (χ4v) is 4.88. The minimum atomic E-state index is -0.701. The highest BCUT2D eigenvalue weighted by molar-refractivity contribution is 4.90. The first-order valence-corrected chi connectivity index (χ1v) is 10.7. The molecule has 0 amide bonds. The van der Waals surface area contributed by atoms with E-state index in [2.05, 4.69) is 27.7 Å². The molecule has 0 N–H and O–H groups in total. The van der Waals surface area contributed by atoms with Crippen LogP contribution in [0.15, 0.2) is 0 Å². The van der Waals surface area contributed by atoms with Crippen molar-refractivity contribution in [1.29, 1.82) is 0 Å². The van der Waals surface area contributed by atoms with Crippen LogP contribution in [0.4, 0.5) is 8.78 Å². The maximum atomic E-state index is 14.7. The van der Waals surface area contributed by atoms with E-state index in [9.17, 15) is 8.78 Å². The van der Waals surface area contributed by atoms with Gasteiger partial charge in [-0.15, -0.1) is 0 Å². The number of hydrogen-bond acceptors (Lipinski definition) is 0. The van der Waals surface area contributed by atoms with Gasteiger partial charge in [0, 0.05) is 0 Å². The van der Waals surface area contributed by atoms with E-state index in [-0.39, 0.29) is 11.8 Å². The normalized spacial score (nSPS) is 38.4. The van der Waals surface area contributed by atoms with Crippen molar-refractivity contribution in [3.05, 3.63) is 0 Å². The van der Waals surface area contributed by atoms with Gasteiger partial charge < -0.3 is 0 Å². The summed E-state index contributed by atoms with van der Waals surface area (Å²) in [7, 11) is 0. The topological polar surface area (TPSA) is 0 Å². The summed E-state index contributed by atoms with van der Waals surface area (Å²) in [6.45, 7) is 12.8. The molecule has 0 saturated heterocycles. The highest BCUT2D eigenvalue weighted by atomic mass is 19.1. The predicted molar refractivity (Wildman–Crippen MR) is 102 cm³/mol. The van der Waals surface area contributed by atoms with E-state index < -0.39 is 12.3 Å². The number of alkyl halides is 2. The van der Waals surface area contributed by atoms with E-state index in [0.717, 1.165) is 32.1 Å². The van der Waals surface area contributed by atoms with Gasteiger partial charge in [0.25, 0.3) is 0 Å². The Kier molecular flexibility index (Phi) is 9.82. The van der Waals surface area contributed by atoms with E-state index in [0.29, 0.717) is 36.5 Å². The maximum absolute atomic E-state index is 14.7. The molecule has 0 nitrogen and oxygen atoms in total. The van der Waals surface area contributed by atoms with Gasteiger partial charge in [-0.2, -0.15) is 0 Å². The van der Waals surface area contributed by atoms with Crippen LogP contribution >= 0.6 is 0 Å². The first kappa shape index (κ1) is 21.9. The minimum absolute atomic E-state index is 0.140. The van der Waals surface area contributed by atoms with Crippen molar-refractivity contribution in [3.63, 3.8) is 0 Å². The number of halogens is 2. The van der Waals surface area contributed by atoms with Gasteiger partial charge in [-0.3, -0.25) is 0 Å². The van der Waals surface area contributed by atoms with Crippen LogP contribution in [0, 0.1) is 35.5 Å². The zero-order valence-corrected chi connectivity index (χ0v) is 17.0. The molecular weight excluding hydrogens is 302 g/mol. The molecule has 144 valence electrons. The summed E-state index contributed by atoms with van der Waals surface area (Å²) < 4.78 is 29.1. The Morgan fingerprint density at radius 1 is 0.833 bits per heavy atom. The molecule has 2 saturated carbocycles. The molecule has 2 aliphatic rings. The molecule has 0 aromatic rings. The third-order valence-electron chi connectivity index (χ3n) is 6.48. The molecule has 0 aromatic heterocycles. The summed E-state index contributed by atoms with van der Waals surface area (Å²) in [4.78, 5) is 0. The molecule has 24 heavy (non-hydrogen) atoms. The Morgan fingerprint density at radius 3 is 2.04 bits per heavy atom. The van der Waals surface area contributed by atoms with Crippen molar-refractivity contribution >= 4 is 0 Å². The lowest BCUT2D eigenvalue weighted by molar-refractivity contribution is 0.0174. The standard InChI is InChI=1S/C20H36F2.C2H6/c1-13(2)5-7-15(4)17-10-8-16(12-20(17)22)18-9-6-14(3)11-19(18)21;1-2/h13-20H,5-12H2,1-4H3;1-2H3. The average Bonchev–Trinajstić information content (AvgIpc) is 2.54. The molecule has 0 aromatic carbocycles. The third kappa shape index (κ3) is 6.30. The van der Waals surface area contributed by atoms with Gasteiger partial charge in [-0.1, -0.05) is 60.8 Å². The predicted octanol–water partition coefficient (Wildman–Crippen LogP) is 7.61. The molecule has 0 radical (unpaired) electrons. The lowest BCUT2D eigenvalue weighted by atomic mass is 9.66. The lowest BCUT2D eigenvalue weighted by Gasteiger charge is -2.42. The van der Waals surface area contributed by atoms with E-state index >= 15 is 0 Å². The molecular formula is C22H42F2. The van der Waals surface area contributed by atoms with Crippen molar-refractivity contribution < 1.29 is 8.78 Å². The van der Waals surface area contributed by atoms with Gasteiger partial charge in [0.2, 0.25) is 0 Å². The summed E-state index contributed by atoms with van der Waals surface area (Å²) in [5.41, 5.74) is 0. The van der Waals surface area contributed by atoms with E-state index in [1.165, 1.54) is 6.42 Å². The molecule has 7 unspecified atom stereocenters. The molecule has 0 aliphatic heterocycles. The average molecular weight is 345 g/mol. The second-order valence-corrected chi connectivity index (χ2v) is 8.80. The zero-order chi connectivity index (χ0) is 18.3. The second-order valence-electron chi connectivity index (χ2n) is 8.80. The first-order chi connectivity index (χ1) is 11.4. The van der Waals surface area contributed by atoms with Gasteiger partial charge >= 0.3 is 0 Å². The Morgan fingerprint density at radius 2 is 1.50 bits per heavy atom. The molecule has 2 aliphatic carbocycles. The maximum Gasteiger partial charge on any atom is 0.103 e. The van der Waals surface area contributed by atoms with Gasteiger partial charge in [0.15, 0.2) is 0 Å². The van der Waals surface area contributed by atoms with Gasteiger partial charge in [0.05, 0.1) is 0 Å². The van der Waals surface area contributed by atoms with E-state index in [1.54, 1.807) is 0 Å². The Hall–Kier alpha value is -0.140. The van der Waals surface area contributed by atoms with Crippen LogP contribution in [0.5, 0.6) is 0 Å². The van der Waals surface area contributed by atoms with Gasteiger partial charge in [-0.25, -0.2) is 8.78 Å². The SMILES string of the molecule is CC.CC(C)CCC(C)C1CCC(C2CCC(C)CC2F)CC1F. The minimum Gasteiger partial charge on any atom is -0.247 e. The van der Waals surface area contributed by atoms with Crippen LogP contribution in [-0.4, -0.2) is 12.3 Å². The first-order valence-electron chi connectivity index (χ1n) is 10.7. The van der Waals surface area contributed by atoms with Crippen molar-refractivity contribution in [1.82, 2.24) is 0 Å². The zero-order valence-electron chi connectivity index (χ0n) is 17.0. The molecule has 0 bridgehead atoms. The highest BCUT2D eigenvalue weighted by Crippen LogP contribution is 2.45. The number of hydrogen-bond donors (Lipinski definition) is 0. The summed E-state index contributed by atoms with van der Waals surface area (Å²) >= 11 is 0. The molecule has 0 spiro atoms. The van der Waals surface area contributed by atoms with Crippen LogP contribution in [-0.2, 0) is 0 Å². The van der Waals surface area contributed by atoms with E-state index in [1.807, 2.05) is 13.8 Å². The number of rotatable bonds is 5. The largest absolute Gasteiger partial charge is 0.247 e. The van der Waals surface area contributed by atoms with Crippen LogP contribution in [0.2, 0.25) is 0 Å². The molecule has 2 fully saturated rings.